The number of carboxylic acid groups (broad SMARTS) is 1. The van der Waals surface area contributed by atoms with E-state index in [1.165, 1.54) is 13.8 Å². The third-order valence-corrected chi connectivity index (χ3v) is 3.16. The number of hydrogen-bond donors (Lipinski definition) is 3. The standard InChI is InChI=1S/C13H12N2O6/c1-4-6(12(18)19)8(10(16)14-4)9-7(13(20)21-3)5(2)15-11(9)17/h1-3H3,(H,14,16)(H,15,17)(H,18,19)/b9-8+. The van der Waals surface area contributed by atoms with Crippen molar-refractivity contribution in [3.63, 3.8) is 0 Å². The van der Waals surface area contributed by atoms with Gasteiger partial charge in [-0.1, -0.05) is 0 Å². The van der Waals surface area contributed by atoms with Gasteiger partial charge in [0.1, 0.15) is 0 Å². The SMILES string of the molecule is COC(=O)C1=C(C)NC(=O)/C1=C1/C(=O)NC(C)=C1C(=O)O. The fourth-order valence-electron chi connectivity index (χ4n) is 2.29. The third kappa shape index (κ3) is 2.10. The minimum Gasteiger partial charge on any atom is -0.478 e. The summed E-state index contributed by atoms with van der Waals surface area (Å²) in [7, 11) is 1.13. The largest absolute Gasteiger partial charge is 0.478 e. The van der Waals surface area contributed by atoms with Crippen molar-refractivity contribution < 1.29 is 29.0 Å². The number of carbonyl (C=O) groups is 4. The van der Waals surface area contributed by atoms with Gasteiger partial charge in [-0.3, -0.25) is 9.59 Å². The van der Waals surface area contributed by atoms with Crippen molar-refractivity contribution >= 4 is 23.8 Å². The van der Waals surface area contributed by atoms with Crippen LogP contribution in [0.5, 0.6) is 0 Å². The number of allylic oxidation sites excluding steroid dienone is 2. The summed E-state index contributed by atoms with van der Waals surface area (Å²) in [6, 6.07) is 0. The van der Waals surface area contributed by atoms with Gasteiger partial charge in [-0.05, 0) is 13.8 Å². The Balaban J connectivity index is 2.76. The molecular formula is C13H12N2O6. The van der Waals surface area contributed by atoms with E-state index < -0.39 is 23.8 Å². The number of methoxy groups -OCH3 is 1. The summed E-state index contributed by atoms with van der Waals surface area (Å²) in [4.78, 5) is 47.1. The highest BCUT2D eigenvalue weighted by atomic mass is 16.5. The van der Waals surface area contributed by atoms with E-state index in [2.05, 4.69) is 15.4 Å². The van der Waals surface area contributed by atoms with Crippen molar-refractivity contribution in [2.45, 2.75) is 13.8 Å². The minimum atomic E-state index is -1.37. The Labute approximate surface area is 119 Å². The van der Waals surface area contributed by atoms with Crippen LogP contribution < -0.4 is 10.6 Å². The first-order chi connectivity index (χ1) is 9.79. The van der Waals surface area contributed by atoms with E-state index in [9.17, 15) is 24.3 Å². The topological polar surface area (TPSA) is 122 Å². The molecule has 0 aromatic heterocycles. The molecule has 8 heteroatoms. The van der Waals surface area contributed by atoms with E-state index in [0.29, 0.717) is 0 Å². The summed E-state index contributed by atoms with van der Waals surface area (Å²) in [6.45, 7) is 2.86. The smallest absolute Gasteiger partial charge is 0.340 e. The average Bonchev–Trinajstić information content (AvgIpc) is 2.84. The van der Waals surface area contributed by atoms with Crippen LogP contribution in [0.25, 0.3) is 0 Å². The second-order valence-electron chi connectivity index (χ2n) is 4.45. The molecule has 2 aliphatic rings. The van der Waals surface area contributed by atoms with Crippen molar-refractivity contribution in [1.29, 1.82) is 0 Å². The second kappa shape index (κ2) is 4.89. The van der Waals surface area contributed by atoms with Gasteiger partial charge in [-0.15, -0.1) is 0 Å². The summed E-state index contributed by atoms with van der Waals surface area (Å²) < 4.78 is 4.58. The first-order valence-electron chi connectivity index (χ1n) is 5.90. The number of hydrogen-bond acceptors (Lipinski definition) is 5. The number of amides is 2. The van der Waals surface area contributed by atoms with Crippen molar-refractivity contribution in [3.8, 4) is 0 Å². The summed E-state index contributed by atoms with van der Waals surface area (Å²) in [5.74, 6) is -3.65. The number of aliphatic carboxylic acids is 1. The zero-order valence-electron chi connectivity index (χ0n) is 11.5. The highest BCUT2D eigenvalue weighted by molar-refractivity contribution is 6.23. The van der Waals surface area contributed by atoms with Crippen LogP contribution in [0.4, 0.5) is 0 Å². The van der Waals surface area contributed by atoms with E-state index in [1.807, 2.05) is 0 Å². The minimum absolute atomic E-state index is 0.108. The molecule has 3 N–H and O–H groups in total. The van der Waals surface area contributed by atoms with Crippen molar-refractivity contribution in [3.05, 3.63) is 33.7 Å². The van der Waals surface area contributed by atoms with E-state index in [4.69, 9.17) is 0 Å². The molecule has 0 radical (unpaired) electrons. The lowest BCUT2D eigenvalue weighted by Gasteiger charge is -2.06. The molecule has 0 aliphatic carbocycles. The molecule has 0 fully saturated rings. The second-order valence-corrected chi connectivity index (χ2v) is 4.45. The number of ether oxygens (including phenoxy) is 1. The van der Waals surface area contributed by atoms with Gasteiger partial charge in [0.05, 0.1) is 29.4 Å². The number of esters is 1. The Bertz CT molecular complexity index is 695. The Hall–Kier alpha value is -2.90. The Morgan fingerprint density at radius 3 is 1.81 bits per heavy atom. The predicted molar refractivity (Wildman–Crippen MR) is 68.4 cm³/mol. The monoisotopic (exact) mass is 292 g/mol. The lowest BCUT2D eigenvalue weighted by atomic mass is 9.95. The molecule has 2 amide bonds. The molecule has 2 heterocycles. The maximum Gasteiger partial charge on any atom is 0.340 e. The Morgan fingerprint density at radius 2 is 1.38 bits per heavy atom. The van der Waals surface area contributed by atoms with Gasteiger partial charge in [-0.25, -0.2) is 9.59 Å². The maximum absolute atomic E-state index is 12.0. The van der Waals surface area contributed by atoms with Crippen LogP contribution in [0.2, 0.25) is 0 Å². The molecule has 0 bridgehead atoms. The van der Waals surface area contributed by atoms with Gasteiger partial charge in [0.25, 0.3) is 11.8 Å². The molecule has 0 spiro atoms. The van der Waals surface area contributed by atoms with Crippen LogP contribution in [-0.4, -0.2) is 36.0 Å². The van der Waals surface area contributed by atoms with Gasteiger partial charge >= 0.3 is 11.9 Å². The van der Waals surface area contributed by atoms with Crippen molar-refractivity contribution in [1.82, 2.24) is 10.6 Å². The van der Waals surface area contributed by atoms with Gasteiger partial charge < -0.3 is 20.5 Å². The van der Waals surface area contributed by atoms with Crippen LogP contribution in [0.15, 0.2) is 33.7 Å². The van der Waals surface area contributed by atoms with Crippen LogP contribution in [0.3, 0.4) is 0 Å². The molecule has 2 aliphatic heterocycles. The summed E-state index contributed by atoms with van der Waals surface area (Å²) in [5, 5.41) is 13.9. The predicted octanol–water partition coefficient (Wildman–Crippen LogP) is -0.652. The van der Waals surface area contributed by atoms with E-state index in [0.717, 1.165) is 7.11 Å². The number of nitrogens with one attached hydrogen (secondary N) is 2. The first-order valence-corrected chi connectivity index (χ1v) is 5.90. The van der Waals surface area contributed by atoms with Crippen LogP contribution in [0, 0.1) is 0 Å². The highest BCUT2D eigenvalue weighted by Crippen LogP contribution is 2.32. The number of carbonyl (C=O) groups excluding carboxylic acids is 3. The molecule has 0 aromatic rings. The summed E-state index contributed by atoms with van der Waals surface area (Å²) in [5.41, 5.74) is -0.781. The van der Waals surface area contributed by atoms with Gasteiger partial charge in [-0.2, -0.15) is 0 Å². The quantitative estimate of drug-likeness (QED) is 0.459. The van der Waals surface area contributed by atoms with Crippen LogP contribution in [0.1, 0.15) is 13.8 Å². The first kappa shape index (κ1) is 14.5. The molecule has 2 rings (SSSR count). The lowest BCUT2D eigenvalue weighted by Crippen LogP contribution is -2.22. The van der Waals surface area contributed by atoms with Crippen LogP contribution >= 0.6 is 0 Å². The molecule has 8 nitrogen and oxygen atoms in total. The van der Waals surface area contributed by atoms with Crippen LogP contribution in [-0.2, 0) is 23.9 Å². The molecule has 0 unspecified atom stereocenters. The average molecular weight is 292 g/mol. The molecule has 0 aromatic carbocycles. The van der Waals surface area contributed by atoms with E-state index in [-0.39, 0.29) is 33.7 Å². The zero-order chi connectivity index (χ0) is 15.9. The summed E-state index contributed by atoms with van der Waals surface area (Å²) >= 11 is 0. The molecule has 21 heavy (non-hydrogen) atoms. The molecular weight excluding hydrogens is 280 g/mol. The number of carboxylic acids is 1. The highest BCUT2D eigenvalue weighted by Gasteiger charge is 2.41. The third-order valence-electron chi connectivity index (χ3n) is 3.16. The fourth-order valence-corrected chi connectivity index (χ4v) is 2.29. The maximum atomic E-state index is 12.0. The number of rotatable bonds is 2. The van der Waals surface area contributed by atoms with Gasteiger partial charge in [0.2, 0.25) is 0 Å². The fraction of sp³-hybridized carbons (Fsp3) is 0.231. The van der Waals surface area contributed by atoms with Crippen molar-refractivity contribution in [2.24, 2.45) is 0 Å². The lowest BCUT2D eigenvalue weighted by molar-refractivity contribution is -0.136. The Kier molecular flexibility index (Phi) is 3.38. The normalized spacial score (nSPS) is 21.7. The van der Waals surface area contributed by atoms with Gasteiger partial charge in [0, 0.05) is 11.4 Å². The Morgan fingerprint density at radius 1 is 0.952 bits per heavy atom. The molecule has 0 atom stereocenters. The zero-order valence-corrected chi connectivity index (χ0v) is 11.5. The van der Waals surface area contributed by atoms with E-state index >= 15 is 0 Å². The summed E-state index contributed by atoms with van der Waals surface area (Å²) in [6.07, 6.45) is 0. The molecule has 0 saturated carbocycles. The van der Waals surface area contributed by atoms with Crippen molar-refractivity contribution in [2.75, 3.05) is 7.11 Å². The molecule has 110 valence electrons. The van der Waals surface area contributed by atoms with Gasteiger partial charge in [0.15, 0.2) is 0 Å². The van der Waals surface area contributed by atoms with E-state index in [1.54, 1.807) is 0 Å². The molecule has 0 saturated heterocycles.